The number of aromatic nitrogens is 4. The molecule has 2 aromatic carbocycles. The first kappa shape index (κ1) is 24.5. The molecule has 10 heteroatoms. The Balaban J connectivity index is 1.19. The molecule has 186 valence electrons. The molecule has 1 saturated heterocycles. The molecule has 0 radical (unpaired) electrons. The Morgan fingerprint density at radius 3 is 2.89 bits per heavy atom. The first-order valence-corrected chi connectivity index (χ1v) is 12.6. The maximum atomic E-state index is 13.1. The molecular formula is C26H26Cl2N6O2. The molecule has 36 heavy (non-hydrogen) atoms. The van der Waals surface area contributed by atoms with Crippen molar-refractivity contribution in [2.75, 3.05) is 13.1 Å². The fourth-order valence-electron chi connectivity index (χ4n) is 4.56. The van der Waals surface area contributed by atoms with E-state index in [-0.39, 0.29) is 11.8 Å². The van der Waals surface area contributed by atoms with Crippen LogP contribution in [0.2, 0.25) is 10.0 Å². The average molecular weight is 525 g/mol. The lowest BCUT2D eigenvalue weighted by molar-refractivity contribution is -0.127. The smallest absolute Gasteiger partial charge is 0.241 e. The number of piperidine rings is 1. The topological polar surface area (TPSA) is 89.1 Å². The van der Waals surface area contributed by atoms with Gasteiger partial charge in [0.15, 0.2) is 0 Å². The molecular weight excluding hydrogens is 499 g/mol. The Hall–Kier alpha value is -3.20. The Kier molecular flexibility index (Phi) is 7.36. The molecule has 1 N–H and O–H groups in total. The van der Waals surface area contributed by atoms with Gasteiger partial charge in [0.25, 0.3) is 0 Å². The predicted octanol–water partition coefficient (Wildman–Crippen LogP) is 5.07. The zero-order valence-electron chi connectivity index (χ0n) is 19.8. The Bertz CT molecular complexity index is 1370. The number of likely N-dealkylation sites (tertiary alicyclic amines) is 1. The van der Waals surface area contributed by atoms with Crippen LogP contribution >= 0.6 is 23.2 Å². The zero-order valence-corrected chi connectivity index (χ0v) is 21.3. The minimum atomic E-state index is -0.103. The van der Waals surface area contributed by atoms with Gasteiger partial charge in [-0.3, -0.25) is 9.69 Å². The summed E-state index contributed by atoms with van der Waals surface area (Å²) in [7, 11) is 0. The van der Waals surface area contributed by atoms with Crippen molar-refractivity contribution in [1.29, 1.82) is 0 Å². The second kappa shape index (κ2) is 10.8. The lowest BCUT2D eigenvalue weighted by atomic mass is 9.97. The summed E-state index contributed by atoms with van der Waals surface area (Å²) in [4.78, 5) is 24.0. The number of nitrogens with one attached hydrogen (secondary N) is 1. The van der Waals surface area contributed by atoms with Gasteiger partial charge in [-0.1, -0.05) is 46.6 Å². The van der Waals surface area contributed by atoms with Crippen LogP contribution in [0.25, 0.3) is 17.1 Å². The van der Waals surface area contributed by atoms with Gasteiger partial charge in [-0.25, -0.2) is 4.98 Å². The van der Waals surface area contributed by atoms with Gasteiger partial charge in [0.05, 0.1) is 23.2 Å². The summed E-state index contributed by atoms with van der Waals surface area (Å²) < 4.78 is 7.49. The number of carbonyl (C=O) groups excluding carboxylic acids is 1. The summed E-state index contributed by atoms with van der Waals surface area (Å²) in [5.74, 6) is 1.76. The SMILES string of the molecule is Cc1nccn1-c1ccccc1CNC(=O)C1CCCN(Cc2nc(-c3ccc(Cl)cc3Cl)no2)C1. The Labute approximate surface area is 219 Å². The molecule has 4 aromatic rings. The number of benzene rings is 2. The molecule has 2 aromatic heterocycles. The molecule has 1 aliphatic rings. The number of hydrogen-bond acceptors (Lipinski definition) is 6. The van der Waals surface area contributed by atoms with Crippen molar-refractivity contribution in [2.24, 2.45) is 5.92 Å². The molecule has 1 amide bonds. The maximum Gasteiger partial charge on any atom is 0.241 e. The zero-order chi connectivity index (χ0) is 25.1. The molecule has 0 saturated carbocycles. The molecule has 0 spiro atoms. The van der Waals surface area contributed by atoms with Crippen LogP contribution < -0.4 is 5.32 Å². The van der Waals surface area contributed by atoms with E-state index in [9.17, 15) is 4.79 Å². The van der Waals surface area contributed by atoms with Gasteiger partial charge >= 0.3 is 0 Å². The van der Waals surface area contributed by atoms with Gasteiger partial charge in [-0.2, -0.15) is 4.98 Å². The number of aryl methyl sites for hydroxylation is 1. The van der Waals surface area contributed by atoms with Crippen molar-refractivity contribution < 1.29 is 9.32 Å². The summed E-state index contributed by atoms with van der Waals surface area (Å²) in [6, 6.07) is 13.2. The van der Waals surface area contributed by atoms with Crippen molar-refractivity contribution in [2.45, 2.75) is 32.9 Å². The van der Waals surface area contributed by atoms with Gasteiger partial charge < -0.3 is 14.4 Å². The van der Waals surface area contributed by atoms with E-state index in [1.54, 1.807) is 24.4 Å². The molecule has 0 aliphatic carbocycles. The highest BCUT2D eigenvalue weighted by Gasteiger charge is 2.27. The summed E-state index contributed by atoms with van der Waals surface area (Å²) >= 11 is 12.3. The molecule has 1 aliphatic heterocycles. The quantitative estimate of drug-likeness (QED) is 0.363. The number of imidazole rings is 1. The van der Waals surface area contributed by atoms with E-state index >= 15 is 0 Å². The number of para-hydroxylation sites is 1. The van der Waals surface area contributed by atoms with Crippen molar-refractivity contribution in [1.82, 2.24) is 29.9 Å². The number of hydrogen-bond donors (Lipinski definition) is 1. The molecule has 1 atom stereocenters. The van der Waals surface area contributed by atoms with Gasteiger partial charge in [0.1, 0.15) is 5.82 Å². The van der Waals surface area contributed by atoms with E-state index in [2.05, 4.69) is 25.3 Å². The van der Waals surface area contributed by atoms with Crippen LogP contribution in [0.3, 0.4) is 0 Å². The lowest BCUT2D eigenvalue weighted by Gasteiger charge is -2.31. The van der Waals surface area contributed by atoms with Crippen LogP contribution in [0, 0.1) is 12.8 Å². The van der Waals surface area contributed by atoms with E-state index in [0.717, 1.165) is 36.5 Å². The number of halogens is 2. The highest BCUT2D eigenvalue weighted by molar-refractivity contribution is 6.36. The van der Waals surface area contributed by atoms with Crippen molar-refractivity contribution in [3.8, 4) is 17.1 Å². The summed E-state index contributed by atoms with van der Waals surface area (Å²) in [6.45, 7) is 4.39. The van der Waals surface area contributed by atoms with Crippen molar-refractivity contribution in [3.05, 3.63) is 82.2 Å². The standard InChI is InChI=1S/C26H26Cl2N6O2/c1-17-29-10-12-34(17)23-7-3-2-5-18(23)14-30-26(35)19-6-4-11-33(15-19)16-24-31-25(32-36-24)21-9-8-20(27)13-22(21)28/h2-3,5,7-10,12-13,19H,4,6,11,14-16H2,1H3,(H,30,35). The third-order valence-electron chi connectivity index (χ3n) is 6.41. The normalized spacial score (nSPS) is 16.2. The Morgan fingerprint density at radius 1 is 1.22 bits per heavy atom. The third kappa shape index (κ3) is 5.46. The number of rotatable bonds is 7. The van der Waals surface area contributed by atoms with E-state index in [1.807, 2.05) is 42.0 Å². The molecule has 1 fully saturated rings. The van der Waals surface area contributed by atoms with E-state index < -0.39 is 0 Å². The van der Waals surface area contributed by atoms with Crippen LogP contribution in [-0.2, 0) is 17.9 Å². The van der Waals surface area contributed by atoms with Crippen LogP contribution in [0.5, 0.6) is 0 Å². The summed E-state index contributed by atoms with van der Waals surface area (Å²) in [6.07, 6.45) is 5.48. The van der Waals surface area contributed by atoms with E-state index in [0.29, 0.717) is 47.0 Å². The first-order valence-electron chi connectivity index (χ1n) is 11.8. The van der Waals surface area contributed by atoms with Gasteiger partial charge in [-0.05, 0) is 56.1 Å². The minimum Gasteiger partial charge on any atom is -0.352 e. The summed E-state index contributed by atoms with van der Waals surface area (Å²) in [5.41, 5.74) is 2.73. The van der Waals surface area contributed by atoms with Crippen LogP contribution in [0.4, 0.5) is 0 Å². The number of carbonyl (C=O) groups is 1. The second-order valence-electron chi connectivity index (χ2n) is 8.90. The van der Waals surface area contributed by atoms with Gasteiger partial charge in [0, 0.05) is 36.1 Å². The predicted molar refractivity (Wildman–Crippen MR) is 138 cm³/mol. The first-order chi connectivity index (χ1) is 17.5. The molecule has 0 bridgehead atoms. The molecule has 1 unspecified atom stereocenters. The van der Waals surface area contributed by atoms with Gasteiger partial charge in [-0.15, -0.1) is 0 Å². The van der Waals surface area contributed by atoms with Gasteiger partial charge in [0.2, 0.25) is 17.6 Å². The minimum absolute atomic E-state index is 0.0519. The summed E-state index contributed by atoms with van der Waals surface area (Å²) in [5, 5.41) is 8.22. The van der Waals surface area contributed by atoms with Crippen LogP contribution in [0.15, 0.2) is 59.4 Å². The van der Waals surface area contributed by atoms with Crippen molar-refractivity contribution >= 4 is 29.1 Å². The van der Waals surface area contributed by atoms with E-state index in [1.165, 1.54) is 0 Å². The van der Waals surface area contributed by atoms with E-state index in [4.69, 9.17) is 27.7 Å². The highest BCUT2D eigenvalue weighted by Crippen LogP contribution is 2.29. The maximum absolute atomic E-state index is 13.1. The molecule has 8 nitrogen and oxygen atoms in total. The number of nitrogens with zero attached hydrogens (tertiary/aromatic N) is 5. The highest BCUT2D eigenvalue weighted by atomic mass is 35.5. The second-order valence-corrected chi connectivity index (χ2v) is 9.74. The van der Waals surface area contributed by atoms with Crippen LogP contribution in [-0.4, -0.2) is 43.6 Å². The number of amides is 1. The largest absolute Gasteiger partial charge is 0.352 e. The molecule has 5 rings (SSSR count). The fourth-order valence-corrected chi connectivity index (χ4v) is 5.05. The molecule has 3 heterocycles. The average Bonchev–Trinajstić information content (AvgIpc) is 3.51. The monoisotopic (exact) mass is 524 g/mol. The third-order valence-corrected chi connectivity index (χ3v) is 6.95. The lowest BCUT2D eigenvalue weighted by Crippen LogP contribution is -2.42. The Morgan fingerprint density at radius 2 is 2.08 bits per heavy atom. The fraction of sp³-hybridized carbons (Fsp3) is 0.308. The van der Waals surface area contributed by atoms with Crippen LogP contribution in [0.1, 0.15) is 30.1 Å². The van der Waals surface area contributed by atoms with Crippen molar-refractivity contribution in [3.63, 3.8) is 0 Å².